The summed E-state index contributed by atoms with van der Waals surface area (Å²) >= 11 is 0. The summed E-state index contributed by atoms with van der Waals surface area (Å²) in [4.78, 5) is 14.0. The first-order valence-corrected chi connectivity index (χ1v) is 7.27. The van der Waals surface area contributed by atoms with Gasteiger partial charge in [0, 0.05) is 13.6 Å². The van der Waals surface area contributed by atoms with E-state index in [0.29, 0.717) is 13.0 Å². The average Bonchev–Trinajstić information content (AvgIpc) is 2.55. The van der Waals surface area contributed by atoms with Crippen LogP contribution in [0.4, 0.5) is 0 Å². The number of likely N-dealkylation sites (N-methyl/N-ethyl adjacent to an activating group) is 1. The number of hydrogen-bond donors (Lipinski definition) is 1. The van der Waals surface area contributed by atoms with Crippen LogP contribution in [0, 0.1) is 0 Å². The van der Waals surface area contributed by atoms with Crippen molar-refractivity contribution in [3.63, 3.8) is 0 Å². The molecular formula is C18H22N2O2. The molecule has 0 radical (unpaired) electrons. The maximum Gasteiger partial charge on any atom is 0.239 e. The van der Waals surface area contributed by atoms with Gasteiger partial charge in [0.15, 0.2) is 0 Å². The van der Waals surface area contributed by atoms with E-state index in [-0.39, 0.29) is 5.91 Å². The number of hydrogen-bond acceptors (Lipinski definition) is 3. The van der Waals surface area contributed by atoms with Crippen LogP contribution in [-0.2, 0) is 17.8 Å². The molecule has 2 rings (SSSR count). The second-order valence-electron chi connectivity index (χ2n) is 5.34. The molecule has 4 heteroatoms. The molecule has 0 aliphatic carbocycles. The monoisotopic (exact) mass is 298 g/mol. The molecule has 22 heavy (non-hydrogen) atoms. The highest BCUT2D eigenvalue weighted by molar-refractivity contribution is 5.81. The van der Waals surface area contributed by atoms with Gasteiger partial charge in [-0.3, -0.25) is 4.79 Å². The van der Waals surface area contributed by atoms with Gasteiger partial charge in [-0.1, -0.05) is 42.5 Å². The summed E-state index contributed by atoms with van der Waals surface area (Å²) < 4.78 is 5.20. The van der Waals surface area contributed by atoms with Crippen LogP contribution in [0.25, 0.3) is 0 Å². The Kier molecular flexibility index (Phi) is 5.55. The van der Waals surface area contributed by atoms with E-state index in [1.807, 2.05) is 54.6 Å². The van der Waals surface area contributed by atoms with Crippen LogP contribution in [0.2, 0.25) is 0 Å². The van der Waals surface area contributed by atoms with Gasteiger partial charge in [-0.25, -0.2) is 0 Å². The molecule has 0 heterocycles. The highest BCUT2D eigenvalue weighted by Gasteiger charge is 2.18. The topological polar surface area (TPSA) is 55.6 Å². The third-order valence-electron chi connectivity index (χ3n) is 3.55. The first-order valence-electron chi connectivity index (χ1n) is 7.27. The maximum absolute atomic E-state index is 12.4. The van der Waals surface area contributed by atoms with Crippen molar-refractivity contribution in [1.29, 1.82) is 0 Å². The van der Waals surface area contributed by atoms with E-state index in [4.69, 9.17) is 10.5 Å². The molecular weight excluding hydrogens is 276 g/mol. The van der Waals surface area contributed by atoms with Gasteiger partial charge in [0.25, 0.3) is 0 Å². The fraction of sp³-hybridized carbons (Fsp3) is 0.278. The zero-order chi connectivity index (χ0) is 15.9. The Balaban J connectivity index is 1.96. The van der Waals surface area contributed by atoms with Crippen molar-refractivity contribution in [3.8, 4) is 5.75 Å². The SMILES string of the molecule is COc1cccc(CN(C)C(=O)[C@@H](N)Cc2ccccc2)c1. The minimum absolute atomic E-state index is 0.0633. The average molecular weight is 298 g/mol. The number of carbonyl (C=O) groups is 1. The number of carbonyl (C=O) groups excluding carboxylic acids is 1. The molecule has 1 atom stereocenters. The van der Waals surface area contributed by atoms with Crippen LogP contribution >= 0.6 is 0 Å². The molecule has 0 saturated heterocycles. The number of ether oxygens (including phenoxy) is 1. The summed E-state index contributed by atoms with van der Waals surface area (Å²) in [7, 11) is 3.40. The van der Waals surface area contributed by atoms with Crippen LogP contribution in [-0.4, -0.2) is 31.0 Å². The number of rotatable bonds is 6. The second kappa shape index (κ2) is 7.61. The van der Waals surface area contributed by atoms with Gasteiger partial charge < -0.3 is 15.4 Å². The molecule has 0 fully saturated rings. The van der Waals surface area contributed by atoms with Gasteiger partial charge in [-0.15, -0.1) is 0 Å². The Labute approximate surface area is 131 Å². The minimum atomic E-state index is -0.530. The summed E-state index contributed by atoms with van der Waals surface area (Å²) in [6.07, 6.45) is 0.544. The summed E-state index contributed by atoms with van der Waals surface area (Å²) in [6.45, 7) is 0.512. The van der Waals surface area contributed by atoms with Crippen LogP contribution in [0.1, 0.15) is 11.1 Å². The Hall–Kier alpha value is -2.33. The second-order valence-corrected chi connectivity index (χ2v) is 5.34. The summed E-state index contributed by atoms with van der Waals surface area (Å²) in [6, 6.07) is 17.0. The fourth-order valence-corrected chi connectivity index (χ4v) is 2.36. The van der Waals surface area contributed by atoms with Gasteiger partial charge in [0.2, 0.25) is 5.91 Å². The lowest BCUT2D eigenvalue weighted by atomic mass is 10.1. The van der Waals surface area contributed by atoms with E-state index in [2.05, 4.69) is 0 Å². The molecule has 0 unspecified atom stereocenters. The quantitative estimate of drug-likeness (QED) is 0.889. The molecule has 2 aromatic rings. The lowest BCUT2D eigenvalue weighted by molar-refractivity contribution is -0.131. The molecule has 2 aromatic carbocycles. The van der Waals surface area contributed by atoms with Gasteiger partial charge in [0.05, 0.1) is 13.2 Å². The van der Waals surface area contributed by atoms with Crippen molar-refractivity contribution in [2.24, 2.45) is 5.73 Å². The first-order chi connectivity index (χ1) is 10.6. The van der Waals surface area contributed by atoms with E-state index in [0.717, 1.165) is 16.9 Å². The summed E-state index contributed by atoms with van der Waals surface area (Å²) in [5.41, 5.74) is 8.13. The number of benzene rings is 2. The molecule has 116 valence electrons. The molecule has 0 bridgehead atoms. The van der Waals surface area contributed by atoms with Gasteiger partial charge >= 0.3 is 0 Å². The van der Waals surface area contributed by atoms with Crippen LogP contribution in [0.5, 0.6) is 5.75 Å². The zero-order valence-corrected chi connectivity index (χ0v) is 13.0. The standard InChI is InChI=1S/C18H22N2O2/c1-20(13-15-9-6-10-16(11-15)22-2)18(21)17(19)12-14-7-4-3-5-8-14/h3-11,17H,12-13,19H2,1-2H3/t17-/m0/s1. The van der Waals surface area contributed by atoms with Gasteiger partial charge in [-0.05, 0) is 29.7 Å². The van der Waals surface area contributed by atoms with E-state index >= 15 is 0 Å². The Bertz CT molecular complexity index is 613. The molecule has 1 amide bonds. The normalized spacial score (nSPS) is 11.8. The van der Waals surface area contributed by atoms with Crippen molar-refractivity contribution >= 4 is 5.91 Å². The lowest BCUT2D eigenvalue weighted by Crippen LogP contribution is -2.42. The summed E-state index contributed by atoms with van der Waals surface area (Å²) in [5.74, 6) is 0.721. The number of nitrogens with two attached hydrogens (primary N) is 1. The zero-order valence-electron chi connectivity index (χ0n) is 13.0. The maximum atomic E-state index is 12.4. The Morgan fingerprint density at radius 2 is 1.82 bits per heavy atom. The molecule has 0 saturated carbocycles. The van der Waals surface area contributed by atoms with Crippen LogP contribution in [0.15, 0.2) is 54.6 Å². The predicted molar refractivity (Wildman–Crippen MR) is 87.6 cm³/mol. The van der Waals surface area contributed by atoms with Crippen molar-refractivity contribution in [1.82, 2.24) is 4.90 Å². The Morgan fingerprint density at radius 1 is 1.14 bits per heavy atom. The molecule has 0 aromatic heterocycles. The number of nitrogens with zero attached hydrogens (tertiary/aromatic N) is 1. The van der Waals surface area contributed by atoms with Crippen molar-refractivity contribution in [3.05, 3.63) is 65.7 Å². The van der Waals surface area contributed by atoms with E-state index in [1.54, 1.807) is 19.1 Å². The number of amides is 1. The molecule has 0 aliphatic rings. The van der Waals surface area contributed by atoms with Crippen LogP contribution < -0.4 is 10.5 Å². The smallest absolute Gasteiger partial charge is 0.239 e. The molecule has 2 N–H and O–H groups in total. The van der Waals surface area contributed by atoms with E-state index < -0.39 is 6.04 Å². The molecule has 0 aliphatic heterocycles. The third-order valence-corrected chi connectivity index (χ3v) is 3.55. The number of methoxy groups -OCH3 is 1. The van der Waals surface area contributed by atoms with E-state index in [1.165, 1.54) is 0 Å². The van der Waals surface area contributed by atoms with Gasteiger partial charge in [0.1, 0.15) is 5.75 Å². The molecule has 4 nitrogen and oxygen atoms in total. The van der Waals surface area contributed by atoms with Crippen molar-refractivity contribution in [2.45, 2.75) is 19.0 Å². The highest BCUT2D eigenvalue weighted by atomic mass is 16.5. The lowest BCUT2D eigenvalue weighted by Gasteiger charge is -2.21. The minimum Gasteiger partial charge on any atom is -0.497 e. The third kappa shape index (κ3) is 4.33. The summed E-state index contributed by atoms with van der Waals surface area (Å²) in [5, 5.41) is 0. The van der Waals surface area contributed by atoms with Crippen LogP contribution in [0.3, 0.4) is 0 Å². The Morgan fingerprint density at radius 3 is 2.50 bits per heavy atom. The predicted octanol–water partition coefficient (Wildman–Crippen LogP) is 2.22. The van der Waals surface area contributed by atoms with Crippen molar-refractivity contribution in [2.75, 3.05) is 14.2 Å². The van der Waals surface area contributed by atoms with E-state index in [9.17, 15) is 4.79 Å². The van der Waals surface area contributed by atoms with Gasteiger partial charge in [-0.2, -0.15) is 0 Å². The first kappa shape index (κ1) is 16.0. The van der Waals surface area contributed by atoms with Crippen molar-refractivity contribution < 1.29 is 9.53 Å². The highest BCUT2D eigenvalue weighted by Crippen LogP contribution is 2.14. The molecule has 0 spiro atoms. The fourth-order valence-electron chi connectivity index (χ4n) is 2.36. The largest absolute Gasteiger partial charge is 0.497 e.